The molecule has 1 aliphatic rings. The minimum absolute atomic E-state index is 0.0283. The molecule has 95 heavy (non-hydrogen) atoms. The highest BCUT2D eigenvalue weighted by atomic mass is 16.5. The van der Waals surface area contributed by atoms with Gasteiger partial charge in [-0.05, 0) is 115 Å². The lowest BCUT2D eigenvalue weighted by atomic mass is 10.00. The second-order valence-electron chi connectivity index (χ2n) is 24.3. The number of rotatable bonds is 33. The number of nitrogens with two attached hydrogens (primary N) is 6. The number of H-pyrrole nitrogens is 1. The highest BCUT2D eigenvalue weighted by molar-refractivity contribution is 5.99. The van der Waals surface area contributed by atoms with E-state index in [4.69, 9.17) is 39.1 Å². The molecule has 14 atom stereocenters. The van der Waals surface area contributed by atoms with Crippen molar-refractivity contribution >= 4 is 70.9 Å². The molecule has 1 fully saturated rings. The summed E-state index contributed by atoms with van der Waals surface area (Å²) in [5, 5.41) is 39.2. The van der Waals surface area contributed by atoms with E-state index in [0.29, 0.717) is 23.6 Å². The van der Waals surface area contributed by atoms with E-state index in [9.17, 15) is 62.6 Å². The molecule has 0 spiro atoms. The Kier molecular flexibility index (Phi) is 36.7. The monoisotopic (exact) mass is 1340 g/mol. The third-order valence-corrected chi connectivity index (χ3v) is 15.8. The predicted molar refractivity (Wildman–Crippen MR) is 350 cm³/mol. The number of imidazole rings is 1. The molecule has 1 aromatic heterocycles. The van der Waals surface area contributed by atoms with Crippen LogP contribution in [0.25, 0.3) is 0 Å². The van der Waals surface area contributed by atoms with Gasteiger partial charge in [-0.3, -0.25) is 57.5 Å². The van der Waals surface area contributed by atoms with Gasteiger partial charge in [-0.1, -0.05) is 77.3 Å². The van der Waals surface area contributed by atoms with Crippen LogP contribution in [0.2, 0.25) is 0 Å². The van der Waals surface area contributed by atoms with Gasteiger partial charge in [0.25, 0.3) is 0 Å². The zero-order valence-corrected chi connectivity index (χ0v) is 55.5. The highest BCUT2D eigenvalue weighted by Crippen LogP contribution is 2.15. The van der Waals surface area contributed by atoms with Crippen molar-refractivity contribution in [1.82, 2.24) is 68.5 Å². The van der Waals surface area contributed by atoms with Gasteiger partial charge >= 0.3 is 5.97 Å². The van der Waals surface area contributed by atoms with Crippen LogP contribution in [0.5, 0.6) is 0 Å². The van der Waals surface area contributed by atoms with Gasteiger partial charge in [-0.15, -0.1) is 0 Å². The van der Waals surface area contributed by atoms with Crippen molar-refractivity contribution in [3.8, 4) is 0 Å². The van der Waals surface area contributed by atoms with E-state index in [1.165, 1.54) is 26.4 Å². The molecule has 0 bridgehead atoms. The first-order valence-corrected chi connectivity index (χ1v) is 32.7. The van der Waals surface area contributed by atoms with Crippen LogP contribution in [-0.4, -0.2) is 204 Å². The Morgan fingerprint density at radius 1 is 0.632 bits per heavy atom. The summed E-state index contributed by atoms with van der Waals surface area (Å²) >= 11 is 0. The van der Waals surface area contributed by atoms with Gasteiger partial charge in [-0.25, -0.2) is 4.98 Å². The molecule has 2 aromatic rings. The third-order valence-electron chi connectivity index (χ3n) is 15.8. The molecule has 1 aromatic carbocycles. The van der Waals surface area contributed by atoms with Crippen LogP contribution in [0, 0.1) is 11.8 Å². The van der Waals surface area contributed by atoms with E-state index in [0.717, 1.165) is 19.3 Å². The summed E-state index contributed by atoms with van der Waals surface area (Å²) in [4.78, 5) is 177. The topological polar surface area (TPSA) is 551 Å². The number of ether oxygens (including phenoxy) is 1. The van der Waals surface area contributed by atoms with E-state index in [-0.39, 0.29) is 96.4 Å². The minimum atomic E-state index is -1.81. The molecule has 0 saturated carbocycles. The molecule has 33 nitrogen and oxygen atoms in total. The summed E-state index contributed by atoms with van der Waals surface area (Å²) in [5.41, 5.74) is 36.9. The standard InChI is InChI=1S/C62H105N19O14/c1-7-35(4)13-11-12-16-49(83)72-41(17-23-63)56(88)81-51(37(6)95-62(94)40(68)31-39-32-69-33-71-39)61(93)77-44(20-26-66)53(85)76-46-22-28-70-60(92)50(36(5)82)80-57(89)45(21-27-67)74-52(84)42(18-24-64)75-58(90)47(29-34(2)3)78-59(91)48(30-38-14-9-8-10-15-38)79-54(86)43(19-25-65)73-55(46)87/h8-10,14-15,32-37,40-48,50-51,82H,7,11-13,16-31,63-68H2,1-6H3,(H,69,71)(H,70,92)(H,72,83)(H,73,87)(H,74,84)(H,75,90)(H,76,85)(H,77,93)(H,78,91)(H,79,86)(H,80,89)(H,81,88)/t35-,36+,37+,40-,41-,42-,43-,44-,45-,46-,47-,48+,50-,51-/m0/s1. The maximum absolute atomic E-state index is 14.8. The van der Waals surface area contributed by atoms with Gasteiger partial charge in [0.1, 0.15) is 72.6 Å². The van der Waals surface area contributed by atoms with Crippen LogP contribution in [-0.2, 0) is 75.1 Å². The van der Waals surface area contributed by atoms with Crippen LogP contribution in [0.15, 0.2) is 42.9 Å². The number of unbranched alkanes of at least 4 members (excludes halogenated alkanes) is 1. The van der Waals surface area contributed by atoms with Crippen molar-refractivity contribution in [2.45, 2.75) is 210 Å². The van der Waals surface area contributed by atoms with Crippen molar-refractivity contribution in [2.24, 2.45) is 46.2 Å². The van der Waals surface area contributed by atoms with E-state index < -0.39 is 163 Å². The Morgan fingerprint density at radius 3 is 1.71 bits per heavy atom. The molecule has 33 heteroatoms. The molecular formula is C62H105N19O14. The summed E-state index contributed by atoms with van der Waals surface area (Å²) in [6.45, 7) is 8.82. The van der Waals surface area contributed by atoms with Gasteiger partial charge in [0.15, 0.2) is 0 Å². The molecular weight excluding hydrogens is 1230 g/mol. The lowest BCUT2D eigenvalue weighted by Gasteiger charge is -2.30. The van der Waals surface area contributed by atoms with Gasteiger partial charge in [-0.2, -0.15) is 0 Å². The van der Waals surface area contributed by atoms with Crippen LogP contribution in [0.1, 0.15) is 130 Å². The second-order valence-corrected chi connectivity index (χ2v) is 24.3. The minimum Gasteiger partial charge on any atom is -0.459 e. The van der Waals surface area contributed by atoms with Gasteiger partial charge in [0.2, 0.25) is 65.0 Å². The average molecular weight is 1340 g/mol. The van der Waals surface area contributed by atoms with Gasteiger partial charge in [0, 0.05) is 37.7 Å². The molecule has 0 aliphatic carbocycles. The maximum Gasteiger partial charge on any atom is 0.323 e. The molecule has 11 amide bonds. The number of nitrogens with one attached hydrogen (secondary N) is 12. The quantitative estimate of drug-likeness (QED) is 0.0234. The fourth-order valence-electron chi connectivity index (χ4n) is 10.2. The average Bonchev–Trinajstić information content (AvgIpc) is 1.66. The number of aromatic nitrogens is 2. The van der Waals surface area contributed by atoms with E-state index in [1.807, 2.05) is 0 Å². The Bertz CT molecular complexity index is 2780. The summed E-state index contributed by atoms with van der Waals surface area (Å²) < 4.78 is 5.67. The molecule has 3 rings (SSSR count). The largest absolute Gasteiger partial charge is 0.459 e. The number of amides is 11. The normalized spacial score (nSPS) is 22.0. The summed E-state index contributed by atoms with van der Waals surface area (Å²) in [6, 6.07) is -8.10. The van der Waals surface area contributed by atoms with Crippen molar-refractivity contribution in [1.29, 1.82) is 0 Å². The Balaban J connectivity index is 2.15. The number of esters is 1. The number of aromatic amines is 1. The predicted octanol–water partition coefficient (Wildman–Crippen LogP) is -5.40. The van der Waals surface area contributed by atoms with Crippen LogP contribution in [0.4, 0.5) is 0 Å². The number of carbonyl (C=O) groups excluding carboxylic acids is 12. The SMILES string of the molecule is CC[C@H](C)CCCCC(=O)N[C@@H](CCN)C(=O)N[C@H](C(=O)N[C@@H](CCN)C(=O)N[C@H]1CCNC(=O)[C@H]([C@@H](C)O)NC(=O)[C@H](CCN)NC(=O)[C@H](CCN)NC(=O)[C@H](CC(C)C)NC(=O)[C@@H](Cc2ccccc2)NC(=O)[C@H](CCN)NC1=O)[C@@H](C)OC(=O)[C@@H](N)Cc1cnc[nH]1. The summed E-state index contributed by atoms with van der Waals surface area (Å²) in [7, 11) is 0. The van der Waals surface area contributed by atoms with Crippen molar-refractivity contribution in [3.63, 3.8) is 0 Å². The van der Waals surface area contributed by atoms with Gasteiger partial charge in [0.05, 0.1) is 12.4 Å². The van der Waals surface area contributed by atoms with E-state index in [2.05, 4.69) is 82.3 Å². The smallest absolute Gasteiger partial charge is 0.323 e. The first-order valence-electron chi connectivity index (χ1n) is 32.7. The fourth-order valence-corrected chi connectivity index (χ4v) is 10.2. The molecule has 0 radical (unpaired) electrons. The van der Waals surface area contributed by atoms with Crippen LogP contribution >= 0.6 is 0 Å². The third kappa shape index (κ3) is 28.7. The number of aliphatic hydroxyl groups excluding tert-OH is 1. The zero-order valence-electron chi connectivity index (χ0n) is 55.5. The number of carbonyl (C=O) groups is 12. The first kappa shape index (κ1) is 81.0. The van der Waals surface area contributed by atoms with Crippen LogP contribution < -0.4 is 92.9 Å². The lowest BCUT2D eigenvalue weighted by Crippen LogP contribution is -2.62. The molecule has 532 valence electrons. The Hall–Kier alpha value is -8.21. The molecule has 2 heterocycles. The number of nitrogens with zero attached hydrogens (tertiary/aromatic N) is 1. The van der Waals surface area contributed by atoms with Crippen molar-refractivity contribution in [3.05, 3.63) is 54.1 Å². The first-order chi connectivity index (χ1) is 45.2. The summed E-state index contributed by atoms with van der Waals surface area (Å²) in [5.74, 6) is -10.9. The van der Waals surface area contributed by atoms with Crippen LogP contribution in [0.3, 0.4) is 0 Å². The molecule has 1 aliphatic heterocycles. The molecule has 1 saturated heterocycles. The van der Waals surface area contributed by atoms with E-state index in [1.54, 1.807) is 44.2 Å². The number of benzene rings is 1. The van der Waals surface area contributed by atoms with E-state index >= 15 is 0 Å². The van der Waals surface area contributed by atoms with Crippen molar-refractivity contribution < 1.29 is 67.4 Å². The number of hydrogen-bond acceptors (Lipinski definition) is 21. The Morgan fingerprint density at radius 2 is 1.17 bits per heavy atom. The molecule has 0 unspecified atom stereocenters. The number of aliphatic hydroxyl groups is 1. The highest BCUT2D eigenvalue weighted by Gasteiger charge is 2.39. The second kappa shape index (κ2) is 43.0. The number of hydrogen-bond donors (Lipinski definition) is 19. The van der Waals surface area contributed by atoms with Crippen molar-refractivity contribution in [2.75, 3.05) is 39.3 Å². The summed E-state index contributed by atoms with van der Waals surface area (Å²) in [6.07, 6.45) is 1.23. The maximum atomic E-state index is 14.8. The lowest BCUT2D eigenvalue weighted by molar-refractivity contribution is -0.154. The van der Waals surface area contributed by atoms with Gasteiger partial charge < -0.3 is 108 Å². The molecule has 25 N–H and O–H groups in total. The Labute approximate surface area is 554 Å². The fraction of sp³-hybridized carbons (Fsp3) is 0.661. The zero-order chi connectivity index (χ0) is 70.7.